The fourth-order valence-corrected chi connectivity index (χ4v) is 4.40. The van der Waals surface area contributed by atoms with Crippen molar-refractivity contribution in [3.63, 3.8) is 0 Å². The van der Waals surface area contributed by atoms with E-state index in [1.165, 1.54) is 0 Å². The fourth-order valence-electron chi connectivity index (χ4n) is 4.40. The van der Waals surface area contributed by atoms with Gasteiger partial charge >= 0.3 is 18.1 Å². The number of hydrogen-bond donors (Lipinski definition) is 4. The van der Waals surface area contributed by atoms with Crippen LogP contribution < -0.4 is 20.7 Å². The first-order valence-electron chi connectivity index (χ1n) is 10.4. The highest BCUT2D eigenvalue weighted by molar-refractivity contribution is 5.79. The summed E-state index contributed by atoms with van der Waals surface area (Å²) in [6.07, 6.45) is 1.83. The molecule has 9 heteroatoms. The third kappa shape index (κ3) is 9.15. The van der Waals surface area contributed by atoms with Gasteiger partial charge in [-0.1, -0.05) is 39.0 Å². The average molecular weight is 436 g/mol. The van der Waals surface area contributed by atoms with Gasteiger partial charge in [0, 0.05) is 12.6 Å². The Labute approximate surface area is 182 Å². The van der Waals surface area contributed by atoms with Gasteiger partial charge in [0.25, 0.3) is 0 Å². The molecule has 1 aliphatic rings. The van der Waals surface area contributed by atoms with Gasteiger partial charge in [0.05, 0.1) is 0 Å². The molecule has 0 heterocycles. The number of carboxylic acid groups (broad SMARTS) is 1. The van der Waals surface area contributed by atoms with E-state index in [0.29, 0.717) is 13.0 Å². The molecule has 2 atom stereocenters. The van der Waals surface area contributed by atoms with Crippen LogP contribution in [0.2, 0.25) is 0 Å². The molecule has 2 rings (SSSR count). The summed E-state index contributed by atoms with van der Waals surface area (Å²) < 4.78 is 10.8. The van der Waals surface area contributed by atoms with Crippen LogP contribution in [0.1, 0.15) is 40.0 Å². The molecule has 31 heavy (non-hydrogen) atoms. The Bertz CT molecular complexity index is 755. The lowest BCUT2D eigenvalue weighted by atomic mass is 9.62. The number of nitrogens with one attached hydrogen (secondary N) is 3. The maximum atomic E-state index is 12.2. The molecule has 0 saturated heterocycles. The van der Waals surface area contributed by atoms with E-state index in [1.54, 1.807) is 0 Å². The smallest absolute Gasteiger partial charge is 0.407 e. The summed E-state index contributed by atoms with van der Waals surface area (Å²) in [5.74, 6) is -0.381. The second-order valence-electron chi connectivity index (χ2n) is 9.13. The van der Waals surface area contributed by atoms with E-state index in [9.17, 15) is 14.4 Å². The summed E-state index contributed by atoms with van der Waals surface area (Å²) in [4.78, 5) is 34.6. The molecule has 0 bridgehead atoms. The molecule has 2 unspecified atom stereocenters. The lowest BCUT2D eigenvalue weighted by Crippen LogP contribution is -2.51. The van der Waals surface area contributed by atoms with E-state index in [0.717, 1.165) is 18.6 Å². The molecule has 1 saturated carbocycles. The molecule has 0 aromatic heterocycles. The van der Waals surface area contributed by atoms with Crippen LogP contribution in [0.3, 0.4) is 0 Å². The van der Waals surface area contributed by atoms with Crippen LogP contribution in [0.4, 0.5) is 9.59 Å². The molecule has 3 amide bonds. The molecule has 4 N–H and O–H groups in total. The summed E-state index contributed by atoms with van der Waals surface area (Å²) in [6.45, 7) is 6.66. The number of para-hydroxylation sites is 1. The topological polar surface area (TPSA) is 126 Å². The molecule has 0 aliphatic heterocycles. The van der Waals surface area contributed by atoms with Crippen molar-refractivity contribution < 1.29 is 29.0 Å². The van der Waals surface area contributed by atoms with Crippen LogP contribution in [0.15, 0.2) is 30.3 Å². The van der Waals surface area contributed by atoms with E-state index in [2.05, 4.69) is 36.7 Å². The molecule has 1 aromatic carbocycles. The van der Waals surface area contributed by atoms with E-state index < -0.39 is 24.6 Å². The first-order valence-corrected chi connectivity index (χ1v) is 10.4. The number of urea groups is 1. The number of amides is 3. The minimum absolute atomic E-state index is 0.0411. The third-order valence-corrected chi connectivity index (χ3v) is 5.17. The van der Waals surface area contributed by atoms with Crippen LogP contribution in [0, 0.1) is 10.8 Å². The number of carboxylic acids is 1. The van der Waals surface area contributed by atoms with Crippen molar-refractivity contribution in [2.75, 3.05) is 26.3 Å². The standard InChI is InChI=1S/C22H33N3O6/c1-21(2)11-16(12-22(3,14-21)15-24-19(28)23-13-18(26)27)25-20(29)31-10-9-30-17-7-5-4-6-8-17/h4-8,16H,9-15H2,1-3H3,(H,25,29)(H,26,27)(H2,23,24,28). The zero-order valence-electron chi connectivity index (χ0n) is 18.4. The summed E-state index contributed by atoms with van der Waals surface area (Å²) in [5, 5.41) is 16.6. The molecule has 0 radical (unpaired) electrons. The van der Waals surface area contributed by atoms with Crippen molar-refractivity contribution in [2.45, 2.75) is 46.1 Å². The molecule has 1 aromatic rings. The Morgan fingerprint density at radius 1 is 1.06 bits per heavy atom. The zero-order valence-corrected chi connectivity index (χ0v) is 18.4. The maximum Gasteiger partial charge on any atom is 0.407 e. The van der Waals surface area contributed by atoms with Crippen LogP contribution in [-0.4, -0.2) is 55.5 Å². The van der Waals surface area contributed by atoms with Gasteiger partial charge < -0.3 is 30.5 Å². The first-order chi connectivity index (χ1) is 14.6. The molecular weight excluding hydrogens is 402 g/mol. The van der Waals surface area contributed by atoms with E-state index in [-0.39, 0.29) is 30.1 Å². The second-order valence-corrected chi connectivity index (χ2v) is 9.13. The molecule has 1 aliphatic carbocycles. The van der Waals surface area contributed by atoms with Crippen LogP contribution in [0.25, 0.3) is 0 Å². The highest BCUT2D eigenvalue weighted by atomic mass is 16.6. The average Bonchev–Trinajstić information content (AvgIpc) is 2.67. The Morgan fingerprint density at radius 3 is 2.45 bits per heavy atom. The highest BCUT2D eigenvalue weighted by Gasteiger charge is 2.42. The Morgan fingerprint density at radius 2 is 1.77 bits per heavy atom. The van der Waals surface area contributed by atoms with Crippen molar-refractivity contribution in [1.82, 2.24) is 16.0 Å². The number of rotatable bonds is 9. The monoisotopic (exact) mass is 435 g/mol. The Balaban J connectivity index is 1.78. The van der Waals surface area contributed by atoms with Gasteiger partial charge in [-0.3, -0.25) is 4.79 Å². The third-order valence-electron chi connectivity index (χ3n) is 5.17. The van der Waals surface area contributed by atoms with Gasteiger partial charge in [-0.05, 0) is 42.2 Å². The molecule has 172 valence electrons. The Kier molecular flexibility index (Phi) is 8.53. The SMILES string of the molecule is CC1(C)CC(NC(=O)OCCOc2ccccc2)CC(C)(CNC(=O)NCC(=O)O)C1. The largest absolute Gasteiger partial charge is 0.490 e. The normalized spacial score (nSPS) is 22.1. The van der Waals surface area contributed by atoms with Gasteiger partial charge in [0.1, 0.15) is 25.5 Å². The van der Waals surface area contributed by atoms with Gasteiger partial charge in [0.15, 0.2) is 0 Å². The number of ether oxygens (including phenoxy) is 2. The summed E-state index contributed by atoms with van der Waals surface area (Å²) >= 11 is 0. The number of carbonyl (C=O) groups excluding carboxylic acids is 2. The van der Waals surface area contributed by atoms with Crippen molar-refractivity contribution in [1.29, 1.82) is 0 Å². The fraction of sp³-hybridized carbons (Fsp3) is 0.591. The van der Waals surface area contributed by atoms with E-state index in [1.807, 2.05) is 30.3 Å². The van der Waals surface area contributed by atoms with Gasteiger partial charge in [0.2, 0.25) is 0 Å². The number of benzene rings is 1. The summed E-state index contributed by atoms with van der Waals surface area (Å²) in [7, 11) is 0. The lowest BCUT2D eigenvalue weighted by molar-refractivity contribution is -0.135. The minimum atomic E-state index is -1.10. The number of alkyl carbamates (subject to hydrolysis) is 1. The molecule has 9 nitrogen and oxygen atoms in total. The maximum absolute atomic E-state index is 12.2. The predicted octanol–water partition coefficient (Wildman–Crippen LogP) is 2.76. The second kappa shape index (κ2) is 10.9. The van der Waals surface area contributed by atoms with Crippen molar-refractivity contribution in [2.24, 2.45) is 10.8 Å². The van der Waals surface area contributed by atoms with Gasteiger partial charge in [-0.25, -0.2) is 9.59 Å². The zero-order chi connectivity index (χ0) is 22.9. The summed E-state index contributed by atoms with van der Waals surface area (Å²) in [5.41, 5.74) is -0.294. The van der Waals surface area contributed by atoms with Crippen molar-refractivity contribution >= 4 is 18.1 Å². The predicted molar refractivity (Wildman–Crippen MR) is 115 cm³/mol. The van der Waals surface area contributed by atoms with Crippen molar-refractivity contribution in [3.8, 4) is 5.75 Å². The highest BCUT2D eigenvalue weighted by Crippen LogP contribution is 2.45. The van der Waals surface area contributed by atoms with Crippen LogP contribution in [-0.2, 0) is 9.53 Å². The van der Waals surface area contributed by atoms with Gasteiger partial charge in [-0.2, -0.15) is 0 Å². The quantitative estimate of drug-likeness (QED) is 0.442. The Hall–Kier alpha value is -2.97. The lowest BCUT2D eigenvalue weighted by Gasteiger charge is -2.46. The first kappa shape index (κ1) is 24.3. The molecular formula is C22H33N3O6. The van der Waals surface area contributed by atoms with E-state index >= 15 is 0 Å². The van der Waals surface area contributed by atoms with Crippen LogP contribution in [0.5, 0.6) is 5.75 Å². The van der Waals surface area contributed by atoms with Crippen molar-refractivity contribution in [3.05, 3.63) is 30.3 Å². The summed E-state index contributed by atoms with van der Waals surface area (Å²) in [6, 6.07) is 8.69. The number of hydrogen-bond acceptors (Lipinski definition) is 5. The molecule has 1 fully saturated rings. The van der Waals surface area contributed by atoms with Gasteiger partial charge in [-0.15, -0.1) is 0 Å². The number of aliphatic carboxylic acids is 1. The minimum Gasteiger partial charge on any atom is -0.490 e. The number of carbonyl (C=O) groups is 3. The van der Waals surface area contributed by atoms with Crippen LogP contribution >= 0.6 is 0 Å². The van der Waals surface area contributed by atoms with E-state index in [4.69, 9.17) is 14.6 Å². The molecule has 0 spiro atoms.